The number of thioether (sulfide) groups is 1. The Hall–Kier alpha value is -1.49. The summed E-state index contributed by atoms with van der Waals surface area (Å²) in [6.07, 6.45) is 3.97. The van der Waals surface area contributed by atoms with E-state index in [0.29, 0.717) is 11.5 Å². The fraction of sp³-hybridized carbons (Fsp3) is 0.500. The van der Waals surface area contributed by atoms with Gasteiger partial charge in [-0.3, -0.25) is 0 Å². The van der Waals surface area contributed by atoms with Crippen molar-refractivity contribution in [3.63, 3.8) is 0 Å². The van der Waals surface area contributed by atoms with Crippen molar-refractivity contribution in [2.45, 2.75) is 33.2 Å². The van der Waals surface area contributed by atoms with Crippen LogP contribution in [0, 0.1) is 5.92 Å². The first-order valence-corrected chi connectivity index (χ1v) is 8.68. The minimum Gasteiger partial charge on any atom is -0.478 e. The summed E-state index contributed by atoms with van der Waals surface area (Å²) in [7, 11) is 0. The van der Waals surface area contributed by atoms with Crippen molar-refractivity contribution in [2.24, 2.45) is 5.92 Å². The summed E-state index contributed by atoms with van der Waals surface area (Å²) < 4.78 is 2.11. The van der Waals surface area contributed by atoms with Gasteiger partial charge in [-0.2, -0.15) is 11.8 Å². The minimum atomic E-state index is -0.887. The lowest BCUT2D eigenvalue weighted by molar-refractivity contribution is 0.0698. The maximum Gasteiger partial charge on any atom is 0.337 e. The maximum absolute atomic E-state index is 11.5. The van der Waals surface area contributed by atoms with Crippen LogP contribution in [0.25, 0.3) is 11.0 Å². The van der Waals surface area contributed by atoms with Crippen LogP contribution in [0.3, 0.4) is 0 Å². The molecule has 0 fully saturated rings. The SMILES string of the molecule is CCCc1nc2cccc(C(=O)O)c2n1CC(C)CSC. The third kappa shape index (κ3) is 3.40. The van der Waals surface area contributed by atoms with Gasteiger partial charge >= 0.3 is 5.97 Å². The topological polar surface area (TPSA) is 55.1 Å². The molecule has 114 valence electrons. The molecule has 1 heterocycles. The largest absolute Gasteiger partial charge is 0.478 e. The van der Waals surface area contributed by atoms with E-state index in [0.717, 1.165) is 42.0 Å². The second kappa shape index (κ2) is 6.98. The molecule has 0 radical (unpaired) electrons. The monoisotopic (exact) mass is 306 g/mol. The summed E-state index contributed by atoms with van der Waals surface area (Å²) in [5, 5.41) is 9.44. The van der Waals surface area contributed by atoms with Gasteiger partial charge in [0.05, 0.1) is 16.6 Å². The van der Waals surface area contributed by atoms with Gasteiger partial charge < -0.3 is 9.67 Å². The van der Waals surface area contributed by atoms with Crippen molar-refractivity contribution >= 4 is 28.8 Å². The predicted molar refractivity (Wildman–Crippen MR) is 88.2 cm³/mol. The number of imidazole rings is 1. The van der Waals surface area contributed by atoms with Gasteiger partial charge in [-0.25, -0.2) is 9.78 Å². The van der Waals surface area contributed by atoms with Crippen molar-refractivity contribution in [3.8, 4) is 0 Å². The standard InChI is InChI=1S/C16H22N2O2S/c1-4-6-14-17-13-8-5-7-12(16(19)20)15(13)18(14)9-11(2)10-21-3/h5,7-8,11H,4,6,9-10H2,1-3H3,(H,19,20). The Morgan fingerprint density at radius 1 is 1.48 bits per heavy atom. The molecule has 5 heteroatoms. The average molecular weight is 306 g/mol. The van der Waals surface area contributed by atoms with E-state index < -0.39 is 5.97 Å². The van der Waals surface area contributed by atoms with Gasteiger partial charge in [0.15, 0.2) is 0 Å². The Morgan fingerprint density at radius 2 is 2.24 bits per heavy atom. The molecule has 0 aliphatic rings. The highest BCUT2D eigenvalue weighted by Crippen LogP contribution is 2.23. The predicted octanol–water partition coefficient (Wildman–Crippen LogP) is 3.69. The van der Waals surface area contributed by atoms with Crippen LogP contribution < -0.4 is 0 Å². The van der Waals surface area contributed by atoms with E-state index in [2.05, 4.69) is 29.7 Å². The molecule has 0 bridgehead atoms. The number of fused-ring (bicyclic) bond motifs is 1. The maximum atomic E-state index is 11.5. The lowest BCUT2D eigenvalue weighted by atomic mass is 10.1. The van der Waals surface area contributed by atoms with Gasteiger partial charge in [-0.05, 0) is 36.5 Å². The molecule has 1 aromatic heterocycles. The molecule has 0 amide bonds. The number of para-hydroxylation sites is 1. The molecule has 0 aliphatic carbocycles. The summed E-state index contributed by atoms with van der Waals surface area (Å²) >= 11 is 1.82. The van der Waals surface area contributed by atoms with Gasteiger partial charge in [-0.1, -0.05) is 19.9 Å². The third-order valence-electron chi connectivity index (χ3n) is 3.50. The van der Waals surface area contributed by atoms with Crippen molar-refractivity contribution in [1.29, 1.82) is 0 Å². The van der Waals surface area contributed by atoms with Crippen LogP contribution in [-0.4, -0.2) is 32.6 Å². The van der Waals surface area contributed by atoms with E-state index in [1.54, 1.807) is 12.1 Å². The van der Waals surface area contributed by atoms with Crippen molar-refractivity contribution in [1.82, 2.24) is 9.55 Å². The molecular weight excluding hydrogens is 284 g/mol. The molecule has 21 heavy (non-hydrogen) atoms. The number of aromatic nitrogens is 2. The quantitative estimate of drug-likeness (QED) is 0.847. The zero-order chi connectivity index (χ0) is 15.4. The molecule has 0 saturated carbocycles. The first-order chi connectivity index (χ1) is 10.1. The van der Waals surface area contributed by atoms with E-state index in [1.165, 1.54) is 0 Å². The average Bonchev–Trinajstić information content (AvgIpc) is 2.77. The summed E-state index contributed by atoms with van der Waals surface area (Å²) in [5.41, 5.74) is 1.90. The molecule has 2 rings (SSSR count). The molecule has 1 atom stereocenters. The number of carboxylic acid groups (broad SMARTS) is 1. The first kappa shape index (κ1) is 15.9. The van der Waals surface area contributed by atoms with Crippen molar-refractivity contribution in [3.05, 3.63) is 29.6 Å². The summed E-state index contributed by atoms with van der Waals surface area (Å²) in [6.45, 7) is 5.13. The number of aromatic carboxylic acids is 1. The van der Waals surface area contributed by atoms with Gasteiger partial charge in [0.2, 0.25) is 0 Å². The highest BCUT2D eigenvalue weighted by molar-refractivity contribution is 7.98. The van der Waals surface area contributed by atoms with Crippen LogP contribution in [0.5, 0.6) is 0 Å². The van der Waals surface area contributed by atoms with Crippen molar-refractivity contribution in [2.75, 3.05) is 12.0 Å². The molecule has 2 aromatic rings. The lowest BCUT2D eigenvalue weighted by Gasteiger charge is -2.15. The number of hydrogen-bond acceptors (Lipinski definition) is 3. The zero-order valence-electron chi connectivity index (χ0n) is 12.8. The number of carboxylic acids is 1. The number of aryl methyl sites for hydroxylation is 1. The number of carbonyl (C=O) groups is 1. The fourth-order valence-electron chi connectivity index (χ4n) is 2.67. The van der Waals surface area contributed by atoms with E-state index in [1.807, 2.05) is 17.8 Å². The molecule has 0 spiro atoms. The van der Waals surface area contributed by atoms with Gasteiger partial charge in [-0.15, -0.1) is 0 Å². The van der Waals surface area contributed by atoms with Crippen LogP contribution >= 0.6 is 11.8 Å². The summed E-state index contributed by atoms with van der Waals surface area (Å²) in [4.78, 5) is 16.2. The van der Waals surface area contributed by atoms with E-state index in [4.69, 9.17) is 0 Å². The normalized spacial score (nSPS) is 12.7. The number of benzene rings is 1. The highest BCUT2D eigenvalue weighted by Gasteiger charge is 2.18. The van der Waals surface area contributed by atoms with Gasteiger partial charge in [0.25, 0.3) is 0 Å². The van der Waals surface area contributed by atoms with Crippen LogP contribution in [-0.2, 0) is 13.0 Å². The smallest absolute Gasteiger partial charge is 0.337 e. The Balaban J connectivity index is 2.56. The summed E-state index contributed by atoms with van der Waals surface area (Å²) in [5.74, 6) is 1.65. The van der Waals surface area contributed by atoms with Gasteiger partial charge in [0.1, 0.15) is 5.82 Å². The molecule has 1 unspecified atom stereocenters. The van der Waals surface area contributed by atoms with E-state index in [9.17, 15) is 9.90 Å². The number of hydrogen-bond donors (Lipinski definition) is 1. The van der Waals surface area contributed by atoms with E-state index in [-0.39, 0.29) is 0 Å². The van der Waals surface area contributed by atoms with Crippen LogP contribution in [0.1, 0.15) is 36.5 Å². The van der Waals surface area contributed by atoms with Gasteiger partial charge in [0, 0.05) is 13.0 Å². The fourth-order valence-corrected chi connectivity index (χ4v) is 3.34. The molecular formula is C16H22N2O2S. The van der Waals surface area contributed by atoms with E-state index >= 15 is 0 Å². The molecule has 4 nitrogen and oxygen atoms in total. The number of rotatable bonds is 7. The van der Waals surface area contributed by atoms with Crippen LogP contribution in [0.15, 0.2) is 18.2 Å². The minimum absolute atomic E-state index is 0.346. The number of nitrogens with zero attached hydrogens (tertiary/aromatic N) is 2. The Labute approximate surface area is 129 Å². The second-order valence-corrected chi connectivity index (χ2v) is 6.34. The second-order valence-electron chi connectivity index (χ2n) is 5.43. The zero-order valence-corrected chi connectivity index (χ0v) is 13.6. The summed E-state index contributed by atoms with van der Waals surface area (Å²) in [6, 6.07) is 5.33. The lowest BCUT2D eigenvalue weighted by Crippen LogP contribution is -2.14. The highest BCUT2D eigenvalue weighted by atomic mass is 32.2. The first-order valence-electron chi connectivity index (χ1n) is 7.28. The molecule has 1 N–H and O–H groups in total. The molecule has 0 saturated heterocycles. The third-order valence-corrected chi connectivity index (χ3v) is 4.40. The van der Waals surface area contributed by atoms with Crippen LogP contribution in [0.4, 0.5) is 0 Å². The van der Waals surface area contributed by atoms with Crippen molar-refractivity contribution < 1.29 is 9.90 Å². The Bertz CT molecular complexity index is 636. The van der Waals surface area contributed by atoms with Crippen LogP contribution in [0.2, 0.25) is 0 Å². The molecule has 1 aromatic carbocycles. The Kier molecular flexibility index (Phi) is 5.28. The molecule has 0 aliphatic heterocycles. The Morgan fingerprint density at radius 3 is 2.86 bits per heavy atom.